The van der Waals surface area contributed by atoms with E-state index in [2.05, 4.69) is 43.4 Å². The molecule has 1 aromatic carbocycles. The topological polar surface area (TPSA) is 46.4 Å². The van der Waals surface area contributed by atoms with Gasteiger partial charge in [-0.15, -0.1) is 0 Å². The number of hydrogen-bond donors (Lipinski definition) is 1. The van der Waals surface area contributed by atoms with Crippen molar-refractivity contribution in [1.29, 1.82) is 0 Å². The molecule has 3 aromatic rings. The molecule has 1 unspecified atom stereocenters. The summed E-state index contributed by atoms with van der Waals surface area (Å²) in [5.41, 5.74) is 5.30. The summed E-state index contributed by atoms with van der Waals surface area (Å²) in [5, 5.41) is 3.65. The number of aromatic nitrogens is 2. The van der Waals surface area contributed by atoms with Crippen LogP contribution in [0.2, 0.25) is 0 Å². The van der Waals surface area contributed by atoms with Crippen molar-refractivity contribution in [2.45, 2.75) is 71.4 Å². The standard InChI is InChI=1S/C26H33N3O/c1-18(2)25(22-13-11-21(12-14-22)20-9-5-4-6-10-20)27-17-23-16-24(30)29-15-7-8-19(3)26(29)28-23/h7-8,11-16,18,20,25,27H,4-6,9-10,17H2,1-3H3. The van der Waals surface area contributed by atoms with Crippen LogP contribution in [0.3, 0.4) is 0 Å². The largest absolute Gasteiger partial charge is 0.304 e. The van der Waals surface area contributed by atoms with Crippen molar-refractivity contribution in [3.05, 3.63) is 81.4 Å². The summed E-state index contributed by atoms with van der Waals surface area (Å²) in [6, 6.07) is 15.0. The predicted molar refractivity (Wildman–Crippen MR) is 123 cm³/mol. The van der Waals surface area contributed by atoms with E-state index in [4.69, 9.17) is 4.98 Å². The highest BCUT2D eigenvalue weighted by atomic mass is 16.1. The third-order valence-corrected chi connectivity index (χ3v) is 6.48. The van der Waals surface area contributed by atoms with Gasteiger partial charge in [-0.3, -0.25) is 9.20 Å². The second-order valence-electron chi connectivity index (χ2n) is 9.07. The van der Waals surface area contributed by atoms with Crippen LogP contribution in [0, 0.1) is 12.8 Å². The van der Waals surface area contributed by atoms with E-state index >= 15 is 0 Å². The molecule has 158 valence electrons. The maximum absolute atomic E-state index is 12.5. The highest BCUT2D eigenvalue weighted by Gasteiger charge is 2.19. The first kappa shape index (κ1) is 20.8. The maximum atomic E-state index is 12.5. The van der Waals surface area contributed by atoms with Gasteiger partial charge in [0.15, 0.2) is 0 Å². The van der Waals surface area contributed by atoms with E-state index in [1.165, 1.54) is 43.2 Å². The summed E-state index contributed by atoms with van der Waals surface area (Å²) in [6.07, 6.45) is 8.54. The normalized spacial score (nSPS) is 16.3. The summed E-state index contributed by atoms with van der Waals surface area (Å²) < 4.78 is 1.61. The fourth-order valence-electron chi connectivity index (χ4n) is 4.76. The van der Waals surface area contributed by atoms with Crippen LogP contribution in [0.25, 0.3) is 5.65 Å². The van der Waals surface area contributed by atoms with Crippen molar-refractivity contribution in [3.8, 4) is 0 Å². The number of nitrogens with one attached hydrogen (secondary N) is 1. The first-order valence-electron chi connectivity index (χ1n) is 11.3. The Kier molecular flexibility index (Phi) is 6.33. The molecule has 1 aliphatic carbocycles. The average Bonchev–Trinajstić information content (AvgIpc) is 2.75. The minimum Gasteiger partial charge on any atom is -0.304 e. The molecule has 1 aliphatic rings. The van der Waals surface area contributed by atoms with Crippen LogP contribution < -0.4 is 10.9 Å². The van der Waals surface area contributed by atoms with Gasteiger partial charge < -0.3 is 5.32 Å². The molecule has 1 fully saturated rings. The van der Waals surface area contributed by atoms with Gasteiger partial charge in [0, 0.05) is 24.8 Å². The molecule has 0 aliphatic heterocycles. The van der Waals surface area contributed by atoms with E-state index in [0.29, 0.717) is 12.5 Å². The molecule has 4 nitrogen and oxygen atoms in total. The summed E-state index contributed by atoms with van der Waals surface area (Å²) >= 11 is 0. The van der Waals surface area contributed by atoms with Gasteiger partial charge >= 0.3 is 0 Å². The lowest BCUT2D eigenvalue weighted by Gasteiger charge is -2.25. The number of aryl methyl sites for hydroxylation is 1. The van der Waals surface area contributed by atoms with Crippen molar-refractivity contribution in [3.63, 3.8) is 0 Å². The maximum Gasteiger partial charge on any atom is 0.258 e. The Morgan fingerprint density at radius 3 is 2.53 bits per heavy atom. The lowest BCUT2D eigenvalue weighted by atomic mass is 9.83. The molecular weight excluding hydrogens is 370 g/mol. The molecular formula is C26H33N3O. The third kappa shape index (κ3) is 4.49. The van der Waals surface area contributed by atoms with E-state index in [1.54, 1.807) is 16.7 Å². The van der Waals surface area contributed by atoms with Crippen molar-refractivity contribution in [1.82, 2.24) is 14.7 Å². The Morgan fingerprint density at radius 2 is 1.83 bits per heavy atom. The quantitative estimate of drug-likeness (QED) is 0.588. The van der Waals surface area contributed by atoms with Gasteiger partial charge in [0.05, 0.1) is 5.69 Å². The summed E-state index contributed by atoms with van der Waals surface area (Å²) in [5.74, 6) is 1.17. The van der Waals surface area contributed by atoms with Gasteiger partial charge in [0.2, 0.25) is 0 Å². The monoisotopic (exact) mass is 403 g/mol. The van der Waals surface area contributed by atoms with Crippen LogP contribution in [0.15, 0.2) is 53.5 Å². The Bertz CT molecular complexity index is 1050. The lowest BCUT2D eigenvalue weighted by molar-refractivity contribution is 0.407. The van der Waals surface area contributed by atoms with Crippen LogP contribution in [0.4, 0.5) is 0 Å². The van der Waals surface area contributed by atoms with E-state index < -0.39 is 0 Å². The summed E-state index contributed by atoms with van der Waals surface area (Å²) in [4.78, 5) is 17.2. The molecule has 0 spiro atoms. The second kappa shape index (κ2) is 9.13. The zero-order valence-corrected chi connectivity index (χ0v) is 18.4. The zero-order chi connectivity index (χ0) is 21.1. The zero-order valence-electron chi connectivity index (χ0n) is 18.4. The molecule has 1 saturated carbocycles. The molecule has 1 atom stereocenters. The minimum atomic E-state index is -0.0292. The Morgan fingerprint density at radius 1 is 1.10 bits per heavy atom. The van der Waals surface area contributed by atoms with Crippen molar-refractivity contribution >= 4 is 5.65 Å². The fourth-order valence-corrected chi connectivity index (χ4v) is 4.76. The predicted octanol–water partition coefficient (Wildman–Crippen LogP) is 5.54. The Hall–Kier alpha value is -2.46. The number of nitrogens with zero attached hydrogens (tertiary/aromatic N) is 2. The fraction of sp³-hybridized carbons (Fsp3) is 0.462. The molecule has 4 heteroatoms. The molecule has 4 rings (SSSR count). The van der Waals surface area contributed by atoms with Crippen LogP contribution in [-0.2, 0) is 6.54 Å². The molecule has 0 bridgehead atoms. The highest BCUT2D eigenvalue weighted by Crippen LogP contribution is 2.33. The van der Waals surface area contributed by atoms with Crippen molar-refractivity contribution < 1.29 is 0 Å². The van der Waals surface area contributed by atoms with Crippen LogP contribution in [-0.4, -0.2) is 9.38 Å². The summed E-state index contributed by atoms with van der Waals surface area (Å²) in [6.45, 7) is 7.04. The molecule has 2 heterocycles. The molecule has 1 N–H and O–H groups in total. The molecule has 0 saturated heterocycles. The van der Waals surface area contributed by atoms with Gasteiger partial charge in [0.25, 0.3) is 5.56 Å². The van der Waals surface area contributed by atoms with Crippen LogP contribution in [0.1, 0.15) is 80.3 Å². The number of fused-ring (bicyclic) bond motifs is 1. The van der Waals surface area contributed by atoms with Gasteiger partial charge in [-0.25, -0.2) is 4.98 Å². The van der Waals surface area contributed by atoms with E-state index in [1.807, 2.05) is 19.1 Å². The number of rotatable bonds is 6. The highest BCUT2D eigenvalue weighted by molar-refractivity contribution is 5.46. The van der Waals surface area contributed by atoms with Gasteiger partial charge in [0.1, 0.15) is 5.65 Å². The van der Waals surface area contributed by atoms with Crippen molar-refractivity contribution in [2.75, 3.05) is 0 Å². The third-order valence-electron chi connectivity index (χ3n) is 6.48. The van der Waals surface area contributed by atoms with E-state index in [0.717, 1.165) is 22.8 Å². The van der Waals surface area contributed by atoms with Gasteiger partial charge in [-0.2, -0.15) is 0 Å². The molecule has 0 radical (unpaired) electrons. The number of benzene rings is 1. The minimum absolute atomic E-state index is 0.0292. The van der Waals surface area contributed by atoms with Crippen molar-refractivity contribution in [2.24, 2.45) is 5.92 Å². The lowest BCUT2D eigenvalue weighted by Crippen LogP contribution is -2.27. The van der Waals surface area contributed by atoms with Crippen LogP contribution >= 0.6 is 0 Å². The Labute approximate surface area is 179 Å². The number of hydrogen-bond acceptors (Lipinski definition) is 3. The second-order valence-corrected chi connectivity index (χ2v) is 9.07. The Balaban J connectivity index is 1.51. The van der Waals surface area contributed by atoms with Crippen LogP contribution in [0.5, 0.6) is 0 Å². The van der Waals surface area contributed by atoms with E-state index in [-0.39, 0.29) is 11.6 Å². The van der Waals surface area contributed by atoms with Gasteiger partial charge in [-0.1, -0.05) is 63.4 Å². The molecule has 0 amide bonds. The molecule has 30 heavy (non-hydrogen) atoms. The summed E-state index contributed by atoms with van der Waals surface area (Å²) in [7, 11) is 0. The van der Waals surface area contributed by atoms with Gasteiger partial charge in [-0.05, 0) is 54.4 Å². The molecule has 2 aromatic heterocycles. The first-order chi connectivity index (χ1) is 14.5. The average molecular weight is 404 g/mol. The number of pyridine rings is 1. The van der Waals surface area contributed by atoms with E-state index in [9.17, 15) is 4.79 Å². The first-order valence-corrected chi connectivity index (χ1v) is 11.3. The SMILES string of the molecule is Cc1cccn2c(=O)cc(CNC(c3ccc(C4CCCCC4)cc3)C(C)C)nc12. The smallest absolute Gasteiger partial charge is 0.258 e.